The SMILES string of the molecule is Cn1c(/C(C#N)=C(\O)CSc2nnc(N)s2)nc2ccccc21. The molecule has 9 heteroatoms. The molecule has 0 aliphatic carbocycles. The molecular weight excluding hydrogens is 332 g/mol. The third-order valence-electron chi connectivity index (χ3n) is 3.17. The van der Waals surface area contributed by atoms with Gasteiger partial charge in [0.2, 0.25) is 5.13 Å². The molecule has 0 amide bonds. The average molecular weight is 344 g/mol. The van der Waals surface area contributed by atoms with E-state index in [0.717, 1.165) is 11.0 Å². The van der Waals surface area contributed by atoms with Crippen molar-refractivity contribution in [2.75, 3.05) is 11.5 Å². The number of nitrogens with two attached hydrogens (primary N) is 1. The Balaban J connectivity index is 1.93. The Morgan fingerprint density at radius 2 is 2.22 bits per heavy atom. The number of aliphatic hydroxyl groups is 1. The first-order valence-electron chi connectivity index (χ1n) is 6.56. The lowest BCUT2D eigenvalue weighted by molar-refractivity contribution is 0.420. The maximum atomic E-state index is 10.3. The number of hydrogen-bond donors (Lipinski definition) is 2. The number of aromatic nitrogens is 4. The molecule has 3 aromatic rings. The van der Waals surface area contributed by atoms with Crippen LogP contribution in [0.5, 0.6) is 0 Å². The summed E-state index contributed by atoms with van der Waals surface area (Å²) < 4.78 is 2.42. The first-order valence-corrected chi connectivity index (χ1v) is 8.36. The van der Waals surface area contributed by atoms with E-state index in [9.17, 15) is 10.4 Å². The fourth-order valence-corrected chi connectivity index (χ4v) is 3.61. The number of hydrogen-bond acceptors (Lipinski definition) is 8. The number of imidazole rings is 1. The van der Waals surface area contributed by atoms with Crippen LogP contribution in [0.25, 0.3) is 16.6 Å². The van der Waals surface area contributed by atoms with E-state index >= 15 is 0 Å². The van der Waals surface area contributed by atoms with Gasteiger partial charge < -0.3 is 15.4 Å². The van der Waals surface area contributed by atoms with Gasteiger partial charge in [-0.05, 0) is 12.1 Å². The van der Waals surface area contributed by atoms with Crippen LogP contribution in [0, 0.1) is 11.3 Å². The molecule has 7 nitrogen and oxygen atoms in total. The lowest BCUT2D eigenvalue weighted by atomic mass is 10.2. The molecular formula is C14H12N6OS2. The highest BCUT2D eigenvalue weighted by Crippen LogP contribution is 2.28. The number of thioether (sulfide) groups is 1. The number of nitrogens with zero attached hydrogens (tertiary/aromatic N) is 5. The lowest BCUT2D eigenvalue weighted by Crippen LogP contribution is -2.00. The fourth-order valence-electron chi connectivity index (χ4n) is 2.09. The van der Waals surface area contributed by atoms with Gasteiger partial charge in [0.05, 0.1) is 16.8 Å². The summed E-state index contributed by atoms with van der Waals surface area (Å²) in [7, 11) is 1.81. The van der Waals surface area contributed by atoms with Crippen molar-refractivity contribution in [3.8, 4) is 6.07 Å². The van der Waals surface area contributed by atoms with Crippen LogP contribution >= 0.6 is 23.1 Å². The quantitative estimate of drug-likeness (QED) is 0.425. The highest BCUT2D eigenvalue weighted by Gasteiger charge is 2.17. The van der Waals surface area contributed by atoms with Crippen LogP contribution in [-0.2, 0) is 7.05 Å². The summed E-state index contributed by atoms with van der Waals surface area (Å²) in [5.74, 6) is 0.578. The van der Waals surface area contributed by atoms with E-state index in [1.807, 2.05) is 37.4 Å². The molecule has 0 aliphatic heterocycles. The highest BCUT2D eigenvalue weighted by molar-refractivity contribution is 8.01. The number of rotatable bonds is 4. The summed E-state index contributed by atoms with van der Waals surface area (Å²) in [5.41, 5.74) is 7.33. The van der Waals surface area contributed by atoms with Crippen LogP contribution in [0.1, 0.15) is 5.82 Å². The number of fused-ring (bicyclic) bond motifs is 1. The van der Waals surface area contributed by atoms with Crippen molar-refractivity contribution < 1.29 is 5.11 Å². The van der Waals surface area contributed by atoms with Crippen LogP contribution in [0.4, 0.5) is 5.13 Å². The zero-order chi connectivity index (χ0) is 16.4. The Morgan fingerprint density at radius 3 is 2.87 bits per heavy atom. The van der Waals surface area contributed by atoms with E-state index in [-0.39, 0.29) is 17.1 Å². The Morgan fingerprint density at radius 1 is 1.43 bits per heavy atom. The zero-order valence-electron chi connectivity index (χ0n) is 12.1. The second-order valence-corrected chi connectivity index (χ2v) is 6.84. The van der Waals surface area contributed by atoms with Gasteiger partial charge in [0.1, 0.15) is 17.4 Å². The standard InChI is InChI=1S/C14H12N6OS2/c1-20-10-5-3-2-4-9(10)17-12(20)8(6-15)11(21)7-22-14-19-18-13(16)23-14/h2-5,21H,7H2,1H3,(H2,16,18)/b11-8-. The zero-order valence-corrected chi connectivity index (χ0v) is 13.7. The van der Waals surface area contributed by atoms with E-state index in [0.29, 0.717) is 15.3 Å². The molecule has 116 valence electrons. The van der Waals surface area contributed by atoms with Gasteiger partial charge in [-0.3, -0.25) is 0 Å². The molecule has 0 unspecified atom stereocenters. The van der Waals surface area contributed by atoms with Crippen molar-refractivity contribution in [1.29, 1.82) is 5.26 Å². The Kier molecular flexibility index (Phi) is 4.18. The van der Waals surface area contributed by atoms with E-state index in [1.165, 1.54) is 23.1 Å². The summed E-state index contributed by atoms with van der Waals surface area (Å²) in [6, 6.07) is 9.60. The van der Waals surface area contributed by atoms with Crippen molar-refractivity contribution in [1.82, 2.24) is 19.7 Å². The second-order valence-electron chi connectivity index (χ2n) is 4.61. The van der Waals surface area contributed by atoms with Gasteiger partial charge in [-0.2, -0.15) is 5.26 Å². The lowest BCUT2D eigenvalue weighted by Gasteiger charge is -2.04. The monoisotopic (exact) mass is 344 g/mol. The van der Waals surface area contributed by atoms with Gasteiger partial charge in [-0.1, -0.05) is 35.2 Å². The maximum Gasteiger partial charge on any atom is 0.203 e. The van der Waals surface area contributed by atoms with Crippen molar-refractivity contribution in [3.05, 3.63) is 35.8 Å². The van der Waals surface area contributed by atoms with E-state index < -0.39 is 0 Å². The molecule has 2 aromatic heterocycles. The van der Waals surface area contributed by atoms with Gasteiger partial charge in [-0.25, -0.2) is 4.98 Å². The number of nitrogen functional groups attached to an aromatic ring is 1. The summed E-state index contributed by atoms with van der Waals surface area (Å²) >= 11 is 2.50. The predicted octanol–water partition coefficient (Wildman–Crippen LogP) is 2.59. The Bertz CT molecular complexity index is 936. The van der Waals surface area contributed by atoms with E-state index in [2.05, 4.69) is 15.2 Å². The molecule has 0 saturated heterocycles. The minimum absolute atomic E-state index is 0.0512. The molecule has 2 heterocycles. The largest absolute Gasteiger partial charge is 0.510 e. The number of benzene rings is 1. The predicted molar refractivity (Wildman–Crippen MR) is 90.9 cm³/mol. The highest BCUT2D eigenvalue weighted by atomic mass is 32.2. The second kappa shape index (κ2) is 6.28. The van der Waals surface area contributed by atoms with Crippen molar-refractivity contribution >= 4 is 44.8 Å². The summed E-state index contributed by atoms with van der Waals surface area (Å²) in [6.07, 6.45) is 0. The molecule has 0 aliphatic rings. The van der Waals surface area contributed by atoms with Crippen molar-refractivity contribution in [2.24, 2.45) is 7.05 Å². The van der Waals surface area contributed by atoms with Gasteiger partial charge in [-0.15, -0.1) is 10.2 Å². The average Bonchev–Trinajstić information content (AvgIpc) is 3.11. The smallest absolute Gasteiger partial charge is 0.203 e. The molecule has 0 saturated carbocycles. The first-order chi connectivity index (χ1) is 11.1. The number of para-hydroxylation sites is 2. The Labute approximate surface area is 140 Å². The molecule has 0 atom stereocenters. The molecule has 1 aromatic carbocycles. The number of anilines is 1. The number of aliphatic hydroxyl groups excluding tert-OH is 1. The van der Waals surface area contributed by atoms with Crippen LogP contribution in [0.15, 0.2) is 34.4 Å². The van der Waals surface area contributed by atoms with Gasteiger partial charge in [0.25, 0.3) is 0 Å². The molecule has 0 spiro atoms. The number of allylic oxidation sites excluding steroid dienone is 1. The maximum absolute atomic E-state index is 10.3. The molecule has 23 heavy (non-hydrogen) atoms. The van der Waals surface area contributed by atoms with Crippen LogP contribution in [0.2, 0.25) is 0 Å². The van der Waals surface area contributed by atoms with Crippen LogP contribution in [-0.4, -0.2) is 30.6 Å². The molecule has 0 radical (unpaired) electrons. The van der Waals surface area contributed by atoms with Crippen LogP contribution < -0.4 is 5.73 Å². The first kappa shape index (κ1) is 15.3. The van der Waals surface area contributed by atoms with Crippen LogP contribution in [0.3, 0.4) is 0 Å². The minimum atomic E-state index is -0.0512. The van der Waals surface area contributed by atoms with Gasteiger partial charge in [0.15, 0.2) is 10.2 Å². The number of nitriles is 1. The normalized spacial score (nSPS) is 12.2. The third kappa shape index (κ3) is 2.99. The topological polar surface area (TPSA) is 114 Å². The summed E-state index contributed by atoms with van der Waals surface area (Å²) in [5, 5.41) is 27.7. The van der Waals surface area contributed by atoms with E-state index in [1.54, 1.807) is 4.57 Å². The summed E-state index contributed by atoms with van der Waals surface area (Å²) in [6.45, 7) is 0. The summed E-state index contributed by atoms with van der Waals surface area (Å²) in [4.78, 5) is 4.43. The van der Waals surface area contributed by atoms with Crippen molar-refractivity contribution in [2.45, 2.75) is 4.34 Å². The van der Waals surface area contributed by atoms with Crippen molar-refractivity contribution in [3.63, 3.8) is 0 Å². The number of aryl methyl sites for hydroxylation is 1. The molecule has 0 fully saturated rings. The molecule has 0 bridgehead atoms. The molecule has 3 rings (SSSR count). The minimum Gasteiger partial charge on any atom is -0.510 e. The Hall–Kier alpha value is -2.57. The van der Waals surface area contributed by atoms with Gasteiger partial charge >= 0.3 is 0 Å². The third-order valence-corrected chi connectivity index (χ3v) is 5.06. The molecule has 3 N–H and O–H groups in total. The van der Waals surface area contributed by atoms with Gasteiger partial charge in [0, 0.05) is 7.05 Å². The fraction of sp³-hybridized carbons (Fsp3) is 0.143. The van der Waals surface area contributed by atoms with E-state index in [4.69, 9.17) is 5.73 Å².